The zero-order valence-corrected chi connectivity index (χ0v) is 23.8. The van der Waals surface area contributed by atoms with Crippen LogP contribution in [0.4, 0.5) is 15.3 Å². The molecule has 0 radical (unpaired) electrons. The fourth-order valence-electron chi connectivity index (χ4n) is 5.12. The summed E-state index contributed by atoms with van der Waals surface area (Å²) in [5, 5.41) is 2.71. The zero-order valence-electron chi connectivity index (χ0n) is 23.0. The molecule has 0 unspecified atom stereocenters. The molecular formula is C29H34FN7O2S. The van der Waals surface area contributed by atoms with Crippen LogP contribution in [0.3, 0.4) is 0 Å². The number of piperidine rings is 1. The second kappa shape index (κ2) is 11.7. The maximum absolute atomic E-state index is 13.4. The number of nitrogens with zero attached hydrogens (tertiary/aromatic N) is 6. The van der Waals surface area contributed by atoms with Gasteiger partial charge in [-0.15, -0.1) is 11.3 Å². The molecule has 1 aliphatic heterocycles. The minimum atomic E-state index is -0.376. The molecule has 1 saturated heterocycles. The van der Waals surface area contributed by atoms with Crippen molar-refractivity contribution in [3.05, 3.63) is 65.0 Å². The Morgan fingerprint density at radius 3 is 2.48 bits per heavy atom. The fraction of sp³-hybridized carbons (Fsp3) is 0.379. The van der Waals surface area contributed by atoms with Crippen molar-refractivity contribution in [1.29, 1.82) is 0 Å². The van der Waals surface area contributed by atoms with Crippen LogP contribution in [0.1, 0.15) is 36.4 Å². The number of hydrogen-bond acceptors (Lipinski definition) is 7. The predicted octanol–water partition coefficient (Wildman–Crippen LogP) is 4.05. The number of aromatic nitrogens is 3. The highest BCUT2D eigenvalue weighted by Crippen LogP contribution is 2.35. The molecule has 210 valence electrons. The highest BCUT2D eigenvalue weighted by atomic mass is 32.1. The number of pyridine rings is 1. The summed E-state index contributed by atoms with van der Waals surface area (Å²) in [7, 11) is 5.52. The van der Waals surface area contributed by atoms with E-state index in [1.54, 1.807) is 31.1 Å². The number of anilines is 2. The molecule has 2 N–H and O–H groups in total. The average Bonchev–Trinajstić information content (AvgIpc) is 3.57. The van der Waals surface area contributed by atoms with Gasteiger partial charge < -0.3 is 15.5 Å². The third kappa shape index (κ3) is 6.00. The summed E-state index contributed by atoms with van der Waals surface area (Å²) in [5.41, 5.74) is 9.85. The maximum Gasteiger partial charge on any atom is 0.236 e. The van der Waals surface area contributed by atoms with Crippen LogP contribution in [0.2, 0.25) is 0 Å². The number of likely N-dealkylation sites (tertiary alicyclic amines) is 1. The predicted molar refractivity (Wildman–Crippen MR) is 155 cm³/mol. The van der Waals surface area contributed by atoms with E-state index in [2.05, 4.69) is 21.6 Å². The lowest BCUT2D eigenvalue weighted by Gasteiger charge is -2.32. The van der Waals surface area contributed by atoms with Gasteiger partial charge in [0, 0.05) is 51.1 Å². The molecule has 40 heavy (non-hydrogen) atoms. The smallest absolute Gasteiger partial charge is 0.236 e. The molecule has 0 aliphatic carbocycles. The highest BCUT2D eigenvalue weighted by Gasteiger charge is 2.25. The number of rotatable bonds is 9. The van der Waals surface area contributed by atoms with Gasteiger partial charge in [0.05, 0.1) is 17.9 Å². The number of hydrogen-bond donors (Lipinski definition) is 1. The summed E-state index contributed by atoms with van der Waals surface area (Å²) in [6, 6.07) is 10.4. The van der Waals surface area contributed by atoms with E-state index in [0.29, 0.717) is 18.9 Å². The third-order valence-corrected chi connectivity index (χ3v) is 8.36. The summed E-state index contributed by atoms with van der Waals surface area (Å²) in [5.74, 6) is 0.671. The van der Waals surface area contributed by atoms with Crippen molar-refractivity contribution in [3.63, 3.8) is 0 Å². The zero-order chi connectivity index (χ0) is 28.4. The Labute approximate surface area is 237 Å². The van der Waals surface area contributed by atoms with Crippen LogP contribution in [0.15, 0.2) is 48.0 Å². The monoisotopic (exact) mass is 563 g/mol. The first-order valence-corrected chi connectivity index (χ1v) is 14.2. The lowest BCUT2D eigenvalue weighted by molar-refractivity contribution is -0.130. The number of amides is 2. The molecule has 9 nitrogen and oxygen atoms in total. The first kappa shape index (κ1) is 27.7. The van der Waals surface area contributed by atoms with Gasteiger partial charge in [-0.1, -0.05) is 6.07 Å². The number of likely N-dealkylation sites (N-methyl/N-ethyl adjacent to an activating group) is 1. The van der Waals surface area contributed by atoms with Crippen LogP contribution in [0.25, 0.3) is 16.9 Å². The van der Waals surface area contributed by atoms with E-state index < -0.39 is 0 Å². The lowest BCUT2D eigenvalue weighted by atomic mass is 9.90. The second-order valence-electron chi connectivity index (χ2n) is 10.5. The number of carbonyl (C=O) groups excluding carboxylic acids is 2. The fourth-order valence-corrected chi connectivity index (χ4v) is 5.92. The van der Waals surface area contributed by atoms with Gasteiger partial charge in [0.25, 0.3) is 0 Å². The Morgan fingerprint density at radius 2 is 1.80 bits per heavy atom. The molecular weight excluding hydrogens is 529 g/mol. The SMILES string of the molecule is CN(C)C(=O)CN1CCC(c2ccc3nc(CCC(N)=O)c(N(C)c4nc(-c5ccc(F)cc5)cs4)n3c2)CC1. The highest BCUT2D eigenvalue weighted by molar-refractivity contribution is 7.14. The van der Waals surface area contributed by atoms with Crippen LogP contribution < -0.4 is 10.6 Å². The maximum atomic E-state index is 13.4. The Morgan fingerprint density at radius 1 is 1.07 bits per heavy atom. The molecule has 4 heterocycles. The molecule has 1 aliphatic rings. The van der Waals surface area contributed by atoms with E-state index in [4.69, 9.17) is 15.7 Å². The number of aryl methyl sites for hydroxylation is 1. The Balaban J connectivity index is 1.43. The normalized spacial score (nSPS) is 14.5. The summed E-state index contributed by atoms with van der Waals surface area (Å²) in [6.07, 6.45) is 4.69. The third-order valence-electron chi connectivity index (χ3n) is 7.45. The van der Waals surface area contributed by atoms with Crippen LogP contribution in [0.5, 0.6) is 0 Å². The molecule has 0 atom stereocenters. The number of benzene rings is 1. The van der Waals surface area contributed by atoms with E-state index >= 15 is 0 Å². The van der Waals surface area contributed by atoms with Crippen molar-refractivity contribution < 1.29 is 14.0 Å². The molecule has 2 amide bonds. The van der Waals surface area contributed by atoms with Gasteiger partial charge in [0.1, 0.15) is 17.3 Å². The Hall–Kier alpha value is -3.83. The van der Waals surface area contributed by atoms with E-state index in [1.165, 1.54) is 29.0 Å². The van der Waals surface area contributed by atoms with Crippen molar-refractivity contribution in [3.8, 4) is 11.3 Å². The number of imidazole rings is 1. The lowest BCUT2D eigenvalue weighted by Crippen LogP contribution is -2.40. The molecule has 4 aromatic rings. The van der Waals surface area contributed by atoms with Gasteiger partial charge in [-0.05, 0) is 67.7 Å². The number of primary amides is 1. The van der Waals surface area contributed by atoms with E-state index in [9.17, 15) is 14.0 Å². The standard InChI is InChI=1S/C29H34FN7O2S/c1-34(2)27(39)17-36-14-12-19(13-15-36)21-6-11-26-32-23(9-10-25(31)38)28(37(26)16-21)35(3)29-33-24(18-40-29)20-4-7-22(30)8-5-20/h4-8,11,16,18-19H,9-10,12-15,17H2,1-3H3,(H2,31,38). The minimum absolute atomic E-state index is 0.124. The van der Waals surface area contributed by atoms with Crippen molar-refractivity contribution in [2.24, 2.45) is 5.73 Å². The van der Waals surface area contributed by atoms with Crippen LogP contribution >= 0.6 is 11.3 Å². The van der Waals surface area contributed by atoms with Crippen molar-refractivity contribution in [1.82, 2.24) is 24.2 Å². The summed E-state index contributed by atoms with van der Waals surface area (Å²) in [6.45, 7) is 2.19. The molecule has 11 heteroatoms. The largest absolute Gasteiger partial charge is 0.370 e. The van der Waals surface area contributed by atoms with E-state index in [-0.39, 0.29) is 24.1 Å². The molecule has 1 fully saturated rings. The topological polar surface area (TPSA) is 100 Å². The van der Waals surface area contributed by atoms with Gasteiger partial charge in [0.2, 0.25) is 11.8 Å². The first-order valence-electron chi connectivity index (χ1n) is 13.4. The molecule has 0 spiro atoms. The molecule has 3 aromatic heterocycles. The van der Waals surface area contributed by atoms with Crippen LogP contribution in [-0.2, 0) is 16.0 Å². The number of nitrogens with two attached hydrogens (primary N) is 1. The molecule has 1 aromatic carbocycles. The molecule has 5 rings (SSSR count). The van der Waals surface area contributed by atoms with Crippen molar-refractivity contribution >= 4 is 39.7 Å². The van der Waals surface area contributed by atoms with Crippen molar-refractivity contribution in [2.45, 2.75) is 31.6 Å². The van der Waals surface area contributed by atoms with Crippen molar-refractivity contribution in [2.75, 3.05) is 45.7 Å². The summed E-state index contributed by atoms with van der Waals surface area (Å²) in [4.78, 5) is 39.3. The van der Waals surface area contributed by atoms with E-state index in [0.717, 1.165) is 59.5 Å². The summed E-state index contributed by atoms with van der Waals surface area (Å²) < 4.78 is 15.5. The minimum Gasteiger partial charge on any atom is -0.370 e. The van der Waals surface area contributed by atoms with Gasteiger partial charge in [-0.2, -0.15) is 0 Å². The van der Waals surface area contributed by atoms with Crippen LogP contribution in [0, 0.1) is 5.82 Å². The second-order valence-corrected chi connectivity index (χ2v) is 11.3. The first-order chi connectivity index (χ1) is 19.2. The Kier molecular flexibility index (Phi) is 8.13. The van der Waals surface area contributed by atoms with Gasteiger partial charge in [-0.25, -0.2) is 14.4 Å². The number of carbonyl (C=O) groups is 2. The average molecular weight is 564 g/mol. The molecule has 0 saturated carbocycles. The van der Waals surface area contributed by atoms with Gasteiger partial charge >= 0.3 is 0 Å². The number of fused-ring (bicyclic) bond motifs is 1. The van der Waals surface area contributed by atoms with Gasteiger partial charge in [0.15, 0.2) is 5.13 Å². The van der Waals surface area contributed by atoms with Crippen LogP contribution in [-0.4, -0.2) is 76.8 Å². The molecule has 0 bridgehead atoms. The quantitative estimate of drug-likeness (QED) is 0.330. The number of halogens is 1. The number of thiazole rings is 1. The Bertz CT molecular complexity index is 1510. The summed E-state index contributed by atoms with van der Waals surface area (Å²) >= 11 is 1.49. The van der Waals surface area contributed by atoms with Gasteiger partial charge in [-0.3, -0.25) is 18.9 Å². The van der Waals surface area contributed by atoms with E-state index in [1.807, 2.05) is 23.4 Å².